The Morgan fingerprint density at radius 2 is 2.05 bits per heavy atom. The lowest BCUT2D eigenvalue weighted by Gasteiger charge is -2.28. The van der Waals surface area contributed by atoms with Crippen LogP contribution in [0.15, 0.2) is 36.6 Å². The van der Waals surface area contributed by atoms with Gasteiger partial charge in [-0.1, -0.05) is 36.8 Å². The van der Waals surface area contributed by atoms with E-state index in [1.54, 1.807) is 6.08 Å². The number of allylic oxidation sites excluding steroid dienone is 4. The van der Waals surface area contributed by atoms with Gasteiger partial charge in [-0.15, -0.1) is 0 Å². The van der Waals surface area contributed by atoms with Crippen molar-refractivity contribution in [3.05, 3.63) is 36.6 Å². The summed E-state index contributed by atoms with van der Waals surface area (Å²) >= 11 is -0.768. The monoisotopic (exact) mass is 314 g/mol. The molecule has 0 bridgehead atoms. The Morgan fingerprint density at radius 1 is 1.33 bits per heavy atom. The molecular formula is C17H30O3S. The van der Waals surface area contributed by atoms with Gasteiger partial charge in [-0.3, -0.25) is 0 Å². The summed E-state index contributed by atoms with van der Waals surface area (Å²) in [6.07, 6.45) is 9.16. The van der Waals surface area contributed by atoms with Crippen LogP contribution in [0.1, 0.15) is 40.5 Å². The van der Waals surface area contributed by atoms with E-state index in [4.69, 9.17) is 9.47 Å². The summed E-state index contributed by atoms with van der Waals surface area (Å²) in [5.41, 5.74) is -0.231. The van der Waals surface area contributed by atoms with Crippen LogP contribution in [0.3, 0.4) is 0 Å². The molecule has 0 saturated heterocycles. The fourth-order valence-electron chi connectivity index (χ4n) is 1.63. The van der Waals surface area contributed by atoms with Gasteiger partial charge in [-0.25, -0.2) is 0 Å². The minimum atomic E-state index is -0.768. The largest absolute Gasteiger partial charge is 0.616 e. The molecule has 0 fully saturated rings. The van der Waals surface area contributed by atoms with Crippen LogP contribution >= 0.6 is 0 Å². The van der Waals surface area contributed by atoms with Gasteiger partial charge in [-0.05, 0) is 39.3 Å². The van der Waals surface area contributed by atoms with Crippen molar-refractivity contribution in [1.29, 1.82) is 0 Å². The average molecular weight is 314 g/mol. The Balaban J connectivity index is 4.19. The molecule has 0 aliphatic rings. The van der Waals surface area contributed by atoms with Crippen LogP contribution in [-0.4, -0.2) is 34.9 Å². The van der Waals surface area contributed by atoms with Crippen molar-refractivity contribution in [1.82, 2.24) is 0 Å². The predicted molar refractivity (Wildman–Crippen MR) is 91.9 cm³/mol. The van der Waals surface area contributed by atoms with E-state index in [1.807, 2.05) is 32.1 Å². The maximum absolute atomic E-state index is 11.4. The Kier molecular flexibility index (Phi) is 11.5. The van der Waals surface area contributed by atoms with Gasteiger partial charge in [0.15, 0.2) is 0 Å². The van der Waals surface area contributed by atoms with Crippen molar-refractivity contribution in [2.45, 2.75) is 46.1 Å². The lowest BCUT2D eigenvalue weighted by molar-refractivity contribution is -0.0439. The highest BCUT2D eigenvalue weighted by Crippen LogP contribution is 2.20. The van der Waals surface area contributed by atoms with Gasteiger partial charge in [0.25, 0.3) is 0 Å². The van der Waals surface area contributed by atoms with E-state index in [0.29, 0.717) is 24.7 Å². The molecule has 122 valence electrons. The summed E-state index contributed by atoms with van der Waals surface area (Å²) in [6, 6.07) is 0. The zero-order valence-corrected chi connectivity index (χ0v) is 14.7. The highest BCUT2D eigenvalue weighted by molar-refractivity contribution is 7.91. The molecule has 0 N–H and O–H groups in total. The molecule has 0 aliphatic heterocycles. The van der Waals surface area contributed by atoms with Crippen molar-refractivity contribution < 1.29 is 14.0 Å². The van der Waals surface area contributed by atoms with Gasteiger partial charge < -0.3 is 14.0 Å². The van der Waals surface area contributed by atoms with E-state index in [9.17, 15) is 4.55 Å². The SMILES string of the molecule is C=C/C(=C\C=C/C)OCCC(C)(CC)OCC[S+]([O-])CC. The Morgan fingerprint density at radius 3 is 2.57 bits per heavy atom. The third kappa shape index (κ3) is 9.77. The molecule has 0 saturated carbocycles. The second-order valence-corrected chi connectivity index (χ2v) is 6.85. The van der Waals surface area contributed by atoms with Crippen LogP contribution in [-0.2, 0) is 20.6 Å². The normalized spacial score (nSPS) is 16.7. The minimum Gasteiger partial charge on any atom is -0.616 e. The van der Waals surface area contributed by atoms with Crippen LogP contribution < -0.4 is 0 Å². The number of hydrogen-bond acceptors (Lipinski definition) is 3. The minimum absolute atomic E-state index is 0.231. The molecule has 0 heterocycles. The maximum Gasteiger partial charge on any atom is 0.128 e. The van der Waals surface area contributed by atoms with Gasteiger partial charge >= 0.3 is 0 Å². The predicted octanol–water partition coefficient (Wildman–Crippen LogP) is 3.99. The molecule has 0 rings (SSSR count). The van der Waals surface area contributed by atoms with Crippen LogP contribution in [0.2, 0.25) is 0 Å². The third-order valence-electron chi connectivity index (χ3n) is 3.39. The molecule has 4 heteroatoms. The van der Waals surface area contributed by atoms with Crippen molar-refractivity contribution in [3.63, 3.8) is 0 Å². The van der Waals surface area contributed by atoms with E-state index < -0.39 is 11.2 Å². The highest BCUT2D eigenvalue weighted by atomic mass is 32.2. The molecular weight excluding hydrogens is 284 g/mol. The van der Waals surface area contributed by atoms with Crippen LogP contribution in [0, 0.1) is 0 Å². The Hall–Kier alpha value is -0.710. The topological polar surface area (TPSA) is 41.5 Å². The fraction of sp³-hybridized carbons (Fsp3) is 0.647. The van der Waals surface area contributed by atoms with E-state index >= 15 is 0 Å². The summed E-state index contributed by atoms with van der Waals surface area (Å²) in [5, 5.41) is 0. The molecule has 0 aliphatic carbocycles. The highest BCUT2D eigenvalue weighted by Gasteiger charge is 2.23. The number of ether oxygens (including phenoxy) is 2. The molecule has 0 amide bonds. The van der Waals surface area contributed by atoms with Crippen molar-refractivity contribution >= 4 is 11.2 Å². The lowest BCUT2D eigenvalue weighted by Crippen LogP contribution is -2.32. The first-order valence-electron chi connectivity index (χ1n) is 7.58. The summed E-state index contributed by atoms with van der Waals surface area (Å²) in [6.45, 7) is 12.9. The zero-order chi connectivity index (χ0) is 16.1. The van der Waals surface area contributed by atoms with Gasteiger partial charge in [0.2, 0.25) is 0 Å². The van der Waals surface area contributed by atoms with Crippen LogP contribution in [0.4, 0.5) is 0 Å². The maximum atomic E-state index is 11.4. The first-order chi connectivity index (χ1) is 10.0. The van der Waals surface area contributed by atoms with Gasteiger partial charge in [0.05, 0.1) is 18.8 Å². The molecule has 0 aromatic rings. The van der Waals surface area contributed by atoms with Crippen molar-refractivity contribution in [3.8, 4) is 0 Å². The molecule has 0 spiro atoms. The molecule has 0 aromatic heterocycles. The van der Waals surface area contributed by atoms with Gasteiger partial charge in [0.1, 0.15) is 17.3 Å². The molecule has 2 atom stereocenters. The molecule has 3 nitrogen and oxygen atoms in total. The van der Waals surface area contributed by atoms with Gasteiger partial charge in [-0.2, -0.15) is 0 Å². The summed E-state index contributed by atoms with van der Waals surface area (Å²) in [4.78, 5) is 0. The van der Waals surface area contributed by atoms with E-state index in [-0.39, 0.29) is 5.60 Å². The van der Waals surface area contributed by atoms with Crippen LogP contribution in [0.5, 0.6) is 0 Å². The second-order valence-electron chi connectivity index (χ2n) is 4.98. The summed E-state index contributed by atoms with van der Waals surface area (Å²) in [5.74, 6) is 2.05. The second kappa shape index (κ2) is 11.9. The number of rotatable bonds is 12. The molecule has 0 aromatic carbocycles. The van der Waals surface area contributed by atoms with E-state index in [1.165, 1.54) is 0 Å². The van der Waals surface area contributed by atoms with Crippen molar-refractivity contribution in [2.24, 2.45) is 0 Å². The van der Waals surface area contributed by atoms with E-state index in [2.05, 4.69) is 20.4 Å². The number of hydrogen-bond donors (Lipinski definition) is 0. The third-order valence-corrected chi connectivity index (χ3v) is 4.65. The average Bonchev–Trinajstić information content (AvgIpc) is 2.50. The molecule has 2 unspecified atom stereocenters. The lowest BCUT2D eigenvalue weighted by atomic mass is 9.99. The molecule has 21 heavy (non-hydrogen) atoms. The Bertz CT molecular complexity index is 339. The standard InChI is InChI=1S/C17H30O3S/c1-6-10-11-16(7-2)19-13-12-17(5,8-3)20-14-15-21(18)9-4/h6-7,10-11H,2,8-9,12-15H2,1,3-5H3/b10-6-,16-11+. The first kappa shape index (κ1) is 20.3. The zero-order valence-electron chi connectivity index (χ0n) is 13.9. The fourth-order valence-corrected chi connectivity index (χ4v) is 2.19. The van der Waals surface area contributed by atoms with Crippen molar-refractivity contribution in [2.75, 3.05) is 24.7 Å². The molecule has 0 radical (unpaired) electrons. The van der Waals surface area contributed by atoms with Gasteiger partial charge in [0, 0.05) is 6.42 Å². The summed E-state index contributed by atoms with van der Waals surface area (Å²) in [7, 11) is 0. The van der Waals surface area contributed by atoms with Crippen LogP contribution in [0.25, 0.3) is 0 Å². The summed E-state index contributed by atoms with van der Waals surface area (Å²) < 4.78 is 23.0. The quantitative estimate of drug-likeness (QED) is 0.311. The Labute approximate surface area is 133 Å². The smallest absolute Gasteiger partial charge is 0.128 e. The first-order valence-corrected chi connectivity index (χ1v) is 9.07. The van der Waals surface area contributed by atoms with E-state index in [0.717, 1.165) is 18.6 Å².